The Morgan fingerprint density at radius 1 is 1.21 bits per heavy atom. The van der Waals surface area contributed by atoms with Crippen LogP contribution in [0, 0.1) is 12.8 Å². The molecule has 19 heavy (non-hydrogen) atoms. The zero-order chi connectivity index (χ0) is 13.8. The van der Waals surface area contributed by atoms with E-state index in [1.807, 2.05) is 0 Å². The molecule has 0 radical (unpaired) electrons. The summed E-state index contributed by atoms with van der Waals surface area (Å²) < 4.78 is 6.02. The van der Waals surface area contributed by atoms with Gasteiger partial charge in [-0.3, -0.25) is 0 Å². The molecule has 2 rings (SSSR count). The second-order valence-electron chi connectivity index (χ2n) is 5.55. The summed E-state index contributed by atoms with van der Waals surface area (Å²) in [5.74, 6) is 1.78. The number of hydrogen-bond acceptors (Lipinski definition) is 2. The molecule has 2 aromatic rings. The lowest BCUT2D eigenvalue weighted by Crippen LogP contribution is -2.22. The summed E-state index contributed by atoms with van der Waals surface area (Å²) in [5, 5.41) is 4.76. The summed E-state index contributed by atoms with van der Waals surface area (Å²) in [4.78, 5) is 0. The van der Waals surface area contributed by atoms with Crippen molar-refractivity contribution in [3.05, 3.63) is 35.6 Å². The number of hydrogen-bond donors (Lipinski definition) is 1. The maximum Gasteiger partial charge on any atom is 0.134 e. The second-order valence-corrected chi connectivity index (χ2v) is 5.55. The average Bonchev–Trinajstić information content (AvgIpc) is 2.80. The first-order chi connectivity index (χ1) is 9.13. The van der Waals surface area contributed by atoms with E-state index in [9.17, 15) is 0 Å². The zero-order valence-corrected chi connectivity index (χ0v) is 12.5. The maximum atomic E-state index is 6.02. The van der Waals surface area contributed by atoms with Crippen molar-refractivity contribution in [2.24, 2.45) is 5.92 Å². The Kier molecular flexibility index (Phi) is 4.65. The van der Waals surface area contributed by atoms with Crippen LogP contribution in [-0.2, 0) is 0 Å². The fraction of sp³-hybridized carbons (Fsp3) is 0.529. The minimum atomic E-state index is 0.327. The summed E-state index contributed by atoms with van der Waals surface area (Å²) in [7, 11) is 0. The third-order valence-corrected chi connectivity index (χ3v) is 3.82. The van der Waals surface area contributed by atoms with Crippen LogP contribution in [0.1, 0.15) is 51.0 Å². The predicted octanol–water partition coefficient (Wildman–Crippen LogP) is 4.83. The molecule has 0 bridgehead atoms. The van der Waals surface area contributed by atoms with Gasteiger partial charge >= 0.3 is 0 Å². The SMILES string of the molecule is CCNC(CC(C)CC)c1cc2cc(C)ccc2o1. The van der Waals surface area contributed by atoms with E-state index in [2.05, 4.69) is 57.3 Å². The van der Waals surface area contributed by atoms with E-state index in [0.29, 0.717) is 12.0 Å². The van der Waals surface area contributed by atoms with Gasteiger partial charge in [-0.25, -0.2) is 0 Å². The Bertz CT molecular complexity index is 529. The van der Waals surface area contributed by atoms with Gasteiger partial charge in [0.05, 0.1) is 6.04 Å². The normalized spacial score (nSPS) is 14.7. The van der Waals surface area contributed by atoms with Gasteiger partial charge in [0.15, 0.2) is 0 Å². The van der Waals surface area contributed by atoms with Crippen LogP contribution in [0.5, 0.6) is 0 Å². The van der Waals surface area contributed by atoms with E-state index in [1.165, 1.54) is 17.4 Å². The van der Waals surface area contributed by atoms with Crippen molar-refractivity contribution in [2.45, 2.75) is 46.6 Å². The molecule has 1 aromatic carbocycles. The Morgan fingerprint density at radius 2 is 2.00 bits per heavy atom. The summed E-state index contributed by atoms with van der Waals surface area (Å²) in [6.07, 6.45) is 2.34. The van der Waals surface area contributed by atoms with Gasteiger partial charge in [-0.1, -0.05) is 38.8 Å². The monoisotopic (exact) mass is 259 g/mol. The predicted molar refractivity (Wildman–Crippen MR) is 81.4 cm³/mol. The zero-order valence-electron chi connectivity index (χ0n) is 12.5. The van der Waals surface area contributed by atoms with E-state index in [1.54, 1.807) is 0 Å². The summed E-state index contributed by atoms with van der Waals surface area (Å²) in [6.45, 7) is 9.79. The van der Waals surface area contributed by atoms with E-state index < -0.39 is 0 Å². The number of benzene rings is 1. The minimum Gasteiger partial charge on any atom is -0.459 e. The van der Waals surface area contributed by atoms with Crippen molar-refractivity contribution in [3.63, 3.8) is 0 Å². The van der Waals surface area contributed by atoms with Crippen LogP contribution in [0.2, 0.25) is 0 Å². The fourth-order valence-corrected chi connectivity index (χ4v) is 2.47. The van der Waals surface area contributed by atoms with Crippen LogP contribution in [0.15, 0.2) is 28.7 Å². The molecule has 104 valence electrons. The summed E-state index contributed by atoms with van der Waals surface area (Å²) in [5.41, 5.74) is 2.27. The molecule has 0 saturated carbocycles. The molecule has 0 spiro atoms. The van der Waals surface area contributed by atoms with Gasteiger partial charge in [0.1, 0.15) is 11.3 Å². The van der Waals surface area contributed by atoms with Crippen molar-refractivity contribution in [2.75, 3.05) is 6.54 Å². The van der Waals surface area contributed by atoms with Gasteiger partial charge in [-0.05, 0) is 44.0 Å². The van der Waals surface area contributed by atoms with Crippen LogP contribution in [0.3, 0.4) is 0 Å². The van der Waals surface area contributed by atoms with Gasteiger partial charge in [0.2, 0.25) is 0 Å². The molecule has 0 fully saturated rings. The first-order valence-corrected chi connectivity index (χ1v) is 7.37. The van der Waals surface area contributed by atoms with Gasteiger partial charge in [0.25, 0.3) is 0 Å². The minimum absolute atomic E-state index is 0.327. The van der Waals surface area contributed by atoms with Crippen LogP contribution in [-0.4, -0.2) is 6.54 Å². The topological polar surface area (TPSA) is 25.2 Å². The van der Waals surface area contributed by atoms with Gasteiger partial charge < -0.3 is 9.73 Å². The fourth-order valence-electron chi connectivity index (χ4n) is 2.47. The van der Waals surface area contributed by atoms with Crippen LogP contribution in [0.4, 0.5) is 0 Å². The van der Waals surface area contributed by atoms with Crippen LogP contribution in [0.25, 0.3) is 11.0 Å². The third kappa shape index (κ3) is 3.38. The van der Waals surface area contributed by atoms with Gasteiger partial charge in [-0.15, -0.1) is 0 Å². The van der Waals surface area contributed by atoms with E-state index in [-0.39, 0.29) is 0 Å². The van der Waals surface area contributed by atoms with E-state index >= 15 is 0 Å². The Labute approximate surface area is 116 Å². The molecule has 0 aliphatic rings. The lowest BCUT2D eigenvalue weighted by atomic mass is 9.97. The van der Waals surface area contributed by atoms with E-state index in [0.717, 1.165) is 24.3 Å². The first kappa shape index (κ1) is 14.1. The van der Waals surface area contributed by atoms with Gasteiger partial charge in [-0.2, -0.15) is 0 Å². The number of nitrogens with one attached hydrogen (secondary N) is 1. The molecule has 2 heteroatoms. The maximum absolute atomic E-state index is 6.02. The lowest BCUT2D eigenvalue weighted by Gasteiger charge is -2.18. The highest BCUT2D eigenvalue weighted by Crippen LogP contribution is 2.29. The average molecular weight is 259 g/mol. The Hall–Kier alpha value is -1.28. The second kappa shape index (κ2) is 6.25. The lowest BCUT2D eigenvalue weighted by molar-refractivity contribution is 0.359. The molecular formula is C17H25NO. The van der Waals surface area contributed by atoms with Crippen molar-refractivity contribution in [1.82, 2.24) is 5.32 Å². The highest BCUT2D eigenvalue weighted by atomic mass is 16.3. The number of furan rings is 1. The molecule has 1 heterocycles. The molecular weight excluding hydrogens is 234 g/mol. The highest BCUT2D eigenvalue weighted by Gasteiger charge is 2.17. The van der Waals surface area contributed by atoms with Gasteiger partial charge in [0, 0.05) is 5.39 Å². The van der Waals surface area contributed by atoms with Crippen molar-refractivity contribution in [3.8, 4) is 0 Å². The van der Waals surface area contributed by atoms with Crippen molar-refractivity contribution < 1.29 is 4.42 Å². The number of rotatable bonds is 6. The molecule has 2 nitrogen and oxygen atoms in total. The molecule has 1 aromatic heterocycles. The summed E-state index contributed by atoms with van der Waals surface area (Å²) >= 11 is 0. The first-order valence-electron chi connectivity index (χ1n) is 7.37. The van der Waals surface area contributed by atoms with E-state index in [4.69, 9.17) is 4.42 Å². The Balaban J connectivity index is 2.27. The molecule has 0 amide bonds. The summed E-state index contributed by atoms with van der Waals surface area (Å²) in [6, 6.07) is 8.88. The highest BCUT2D eigenvalue weighted by molar-refractivity contribution is 5.78. The molecule has 0 aliphatic carbocycles. The largest absolute Gasteiger partial charge is 0.459 e. The smallest absolute Gasteiger partial charge is 0.134 e. The third-order valence-electron chi connectivity index (χ3n) is 3.82. The standard InChI is InChI=1S/C17H25NO/c1-5-12(3)10-15(18-6-2)17-11-14-9-13(4)7-8-16(14)19-17/h7-9,11-12,15,18H,5-6,10H2,1-4H3. The quantitative estimate of drug-likeness (QED) is 0.804. The number of aryl methyl sites for hydroxylation is 1. The Morgan fingerprint density at radius 3 is 2.68 bits per heavy atom. The molecule has 2 atom stereocenters. The molecule has 2 unspecified atom stereocenters. The van der Waals surface area contributed by atoms with Crippen molar-refractivity contribution in [1.29, 1.82) is 0 Å². The molecule has 0 aliphatic heterocycles. The van der Waals surface area contributed by atoms with Crippen molar-refractivity contribution >= 4 is 11.0 Å². The molecule has 1 N–H and O–H groups in total. The van der Waals surface area contributed by atoms with Crippen LogP contribution >= 0.6 is 0 Å². The molecule has 0 saturated heterocycles. The number of fused-ring (bicyclic) bond motifs is 1. The van der Waals surface area contributed by atoms with Crippen LogP contribution < -0.4 is 5.32 Å².